The molecule has 5 aliphatic rings. The molecule has 0 N–H and O–H groups in total. The Hall–Kier alpha value is -0.660. The summed E-state index contributed by atoms with van der Waals surface area (Å²) in [5.41, 5.74) is 0.559. The van der Waals surface area contributed by atoms with Crippen molar-refractivity contribution in [3.8, 4) is 0 Å². The highest BCUT2D eigenvalue weighted by atomic mass is 16.1. The molecule has 1 unspecified atom stereocenters. The molecule has 162 valence electrons. The molecule has 0 heterocycles. The molecule has 0 amide bonds. The second-order valence-electron chi connectivity index (χ2n) is 12.3. The van der Waals surface area contributed by atoms with Crippen molar-refractivity contribution in [2.24, 2.45) is 45.8 Å². The third kappa shape index (κ3) is 2.65. The summed E-state index contributed by atoms with van der Waals surface area (Å²) in [6.45, 7) is 7.03. The number of ketones is 2. The summed E-state index contributed by atoms with van der Waals surface area (Å²) in [5, 5.41) is 0. The Kier molecular flexibility index (Phi) is 4.84. The average Bonchev–Trinajstić information content (AvgIpc) is 3.03. The van der Waals surface area contributed by atoms with Gasteiger partial charge in [0.2, 0.25) is 0 Å². The first-order valence-corrected chi connectivity index (χ1v) is 12.9. The second-order valence-corrected chi connectivity index (χ2v) is 12.3. The van der Waals surface area contributed by atoms with Gasteiger partial charge in [-0.1, -0.05) is 33.1 Å². The van der Waals surface area contributed by atoms with Crippen molar-refractivity contribution in [3.05, 3.63) is 0 Å². The minimum atomic E-state index is -0.0384. The Bertz CT molecular complexity index is 691. The quantitative estimate of drug-likeness (QED) is 0.515. The molecule has 0 aromatic carbocycles. The molecular formula is C27H42O2. The van der Waals surface area contributed by atoms with Crippen LogP contribution in [-0.4, -0.2) is 11.6 Å². The van der Waals surface area contributed by atoms with Crippen molar-refractivity contribution in [2.45, 2.75) is 111 Å². The van der Waals surface area contributed by atoms with Gasteiger partial charge in [0, 0.05) is 18.3 Å². The van der Waals surface area contributed by atoms with E-state index in [4.69, 9.17) is 0 Å². The maximum Gasteiger partial charge on any atom is 0.136 e. The van der Waals surface area contributed by atoms with Gasteiger partial charge in [0.1, 0.15) is 11.6 Å². The summed E-state index contributed by atoms with van der Waals surface area (Å²) in [7, 11) is 0. The molecule has 5 fully saturated rings. The molecule has 5 rings (SSSR count). The van der Waals surface area contributed by atoms with Crippen LogP contribution in [0.4, 0.5) is 0 Å². The molecule has 0 bridgehead atoms. The average molecular weight is 399 g/mol. The first kappa shape index (κ1) is 20.3. The summed E-state index contributed by atoms with van der Waals surface area (Å²) in [6.07, 6.45) is 17.0. The maximum absolute atomic E-state index is 13.4. The Morgan fingerprint density at radius 3 is 2.28 bits per heavy atom. The van der Waals surface area contributed by atoms with Crippen LogP contribution >= 0.6 is 0 Å². The van der Waals surface area contributed by atoms with Crippen LogP contribution in [0.15, 0.2) is 0 Å². The van der Waals surface area contributed by atoms with Crippen LogP contribution in [0.1, 0.15) is 111 Å². The Balaban J connectivity index is 1.48. The number of carbonyl (C=O) groups is 2. The molecule has 5 saturated carbocycles. The van der Waals surface area contributed by atoms with E-state index < -0.39 is 0 Å². The van der Waals surface area contributed by atoms with Gasteiger partial charge < -0.3 is 0 Å². The minimum absolute atomic E-state index is 0.0384. The van der Waals surface area contributed by atoms with E-state index in [1.165, 1.54) is 64.2 Å². The highest BCUT2D eigenvalue weighted by molar-refractivity contribution is 5.84. The zero-order chi connectivity index (χ0) is 20.4. The van der Waals surface area contributed by atoms with Crippen LogP contribution in [0, 0.1) is 45.8 Å². The molecular weight excluding hydrogens is 356 g/mol. The van der Waals surface area contributed by atoms with Crippen molar-refractivity contribution in [2.75, 3.05) is 0 Å². The van der Waals surface area contributed by atoms with Gasteiger partial charge in [-0.05, 0) is 105 Å². The van der Waals surface area contributed by atoms with Crippen molar-refractivity contribution in [1.29, 1.82) is 0 Å². The van der Waals surface area contributed by atoms with Crippen LogP contribution in [0.5, 0.6) is 0 Å². The van der Waals surface area contributed by atoms with Gasteiger partial charge in [-0.15, -0.1) is 0 Å². The maximum atomic E-state index is 13.4. The van der Waals surface area contributed by atoms with Gasteiger partial charge in [0.05, 0.1) is 0 Å². The van der Waals surface area contributed by atoms with Gasteiger partial charge in [0.25, 0.3) is 0 Å². The summed E-state index contributed by atoms with van der Waals surface area (Å²) >= 11 is 0. The number of hydrogen-bond donors (Lipinski definition) is 0. The highest BCUT2D eigenvalue weighted by Crippen LogP contribution is 2.72. The molecule has 7 atom stereocenters. The summed E-state index contributed by atoms with van der Waals surface area (Å²) in [4.78, 5) is 25.5. The smallest absolute Gasteiger partial charge is 0.136 e. The topological polar surface area (TPSA) is 34.1 Å². The number of hydrogen-bond acceptors (Lipinski definition) is 2. The normalized spacial score (nSPS) is 50.5. The molecule has 0 aliphatic heterocycles. The predicted molar refractivity (Wildman–Crippen MR) is 116 cm³/mol. The number of fused-ring (bicyclic) bond motifs is 5. The Labute approximate surface area is 178 Å². The van der Waals surface area contributed by atoms with Gasteiger partial charge >= 0.3 is 0 Å². The fourth-order valence-electron chi connectivity index (χ4n) is 10.3. The summed E-state index contributed by atoms with van der Waals surface area (Å²) < 4.78 is 0. The summed E-state index contributed by atoms with van der Waals surface area (Å²) in [6, 6.07) is 0. The fraction of sp³-hybridized carbons (Fsp3) is 0.926. The minimum Gasteiger partial charge on any atom is -0.300 e. The van der Waals surface area contributed by atoms with E-state index in [-0.39, 0.29) is 10.8 Å². The van der Waals surface area contributed by atoms with Crippen molar-refractivity contribution in [1.82, 2.24) is 0 Å². The molecule has 2 heteroatoms. The van der Waals surface area contributed by atoms with Gasteiger partial charge in [0.15, 0.2) is 0 Å². The van der Waals surface area contributed by atoms with Crippen LogP contribution in [0.2, 0.25) is 0 Å². The molecule has 2 nitrogen and oxygen atoms in total. The van der Waals surface area contributed by atoms with E-state index in [9.17, 15) is 9.59 Å². The Morgan fingerprint density at radius 1 is 0.828 bits per heavy atom. The van der Waals surface area contributed by atoms with Crippen LogP contribution < -0.4 is 0 Å². The van der Waals surface area contributed by atoms with E-state index in [1.807, 2.05) is 6.92 Å². The van der Waals surface area contributed by atoms with E-state index in [0.717, 1.165) is 43.4 Å². The molecule has 29 heavy (non-hydrogen) atoms. The number of Topliss-reactive ketones (excluding diaryl/α,β-unsaturated/α-hetero) is 2. The van der Waals surface area contributed by atoms with E-state index in [2.05, 4.69) is 13.8 Å². The molecule has 0 radical (unpaired) electrons. The lowest BCUT2D eigenvalue weighted by atomic mass is 9.42. The SMILES string of the molecule is CC(=O)[C@@]1(C2CCCCC2)CC[C@H]2[C@@H]3CCC4CC(=O)CC[C@]4(C)[C@H]3CC[C@@]21C. The van der Waals surface area contributed by atoms with Crippen LogP contribution in [0.3, 0.4) is 0 Å². The second kappa shape index (κ2) is 6.92. The van der Waals surface area contributed by atoms with E-state index >= 15 is 0 Å². The van der Waals surface area contributed by atoms with Gasteiger partial charge in [-0.2, -0.15) is 0 Å². The molecule has 5 aliphatic carbocycles. The first-order valence-electron chi connectivity index (χ1n) is 12.9. The third-order valence-corrected chi connectivity index (χ3v) is 11.7. The van der Waals surface area contributed by atoms with Gasteiger partial charge in [-0.3, -0.25) is 9.59 Å². The number of carbonyl (C=O) groups excluding carboxylic acids is 2. The van der Waals surface area contributed by atoms with Crippen molar-refractivity contribution < 1.29 is 9.59 Å². The monoisotopic (exact) mass is 398 g/mol. The Morgan fingerprint density at radius 2 is 1.55 bits per heavy atom. The van der Waals surface area contributed by atoms with Crippen molar-refractivity contribution >= 4 is 11.6 Å². The lowest BCUT2D eigenvalue weighted by Gasteiger charge is -2.62. The molecule has 0 spiro atoms. The standard InChI is InChI=1S/C27H42O2/c1-18(28)27(19-7-5-4-6-8-19)16-13-24-22-10-9-20-17-21(29)11-14-25(20,2)23(22)12-15-26(24,27)3/h19-20,22-24H,4-17H2,1-3H3/t20?,22-,23+,24+,25+,26+,27-/m1/s1. The largest absolute Gasteiger partial charge is 0.300 e. The van der Waals surface area contributed by atoms with Gasteiger partial charge in [-0.25, -0.2) is 0 Å². The number of rotatable bonds is 2. The first-order chi connectivity index (χ1) is 13.8. The van der Waals surface area contributed by atoms with Crippen LogP contribution in [0.25, 0.3) is 0 Å². The zero-order valence-electron chi connectivity index (χ0n) is 19.1. The van der Waals surface area contributed by atoms with E-state index in [0.29, 0.717) is 28.8 Å². The van der Waals surface area contributed by atoms with Crippen molar-refractivity contribution in [3.63, 3.8) is 0 Å². The lowest BCUT2D eigenvalue weighted by molar-refractivity contribution is -0.161. The van der Waals surface area contributed by atoms with E-state index in [1.54, 1.807) is 0 Å². The molecule has 0 aromatic rings. The zero-order valence-corrected chi connectivity index (χ0v) is 19.1. The fourth-order valence-corrected chi connectivity index (χ4v) is 10.3. The highest BCUT2D eigenvalue weighted by Gasteiger charge is 2.67. The third-order valence-electron chi connectivity index (χ3n) is 11.7. The molecule has 0 saturated heterocycles. The lowest BCUT2D eigenvalue weighted by Crippen LogP contribution is -2.57. The molecule has 0 aromatic heterocycles. The summed E-state index contributed by atoms with van der Waals surface area (Å²) in [5.74, 6) is 4.64. The van der Waals surface area contributed by atoms with Crippen LogP contribution in [-0.2, 0) is 9.59 Å². The predicted octanol–water partition coefficient (Wildman–Crippen LogP) is 6.75.